The number of carbonyl (C=O) groups excluding carboxylic acids is 1. The maximum Gasteiger partial charge on any atom is 0.266 e. The molecule has 0 N–H and O–H groups in total. The summed E-state index contributed by atoms with van der Waals surface area (Å²) >= 11 is 6.61. The summed E-state index contributed by atoms with van der Waals surface area (Å²) in [5, 5.41) is 0. The Kier molecular flexibility index (Phi) is 3.94. The SMILES string of the molecule is CCN1C(=O)C(=C2C=CN(c3ccccc3)C=C2)SC1=S. The Morgan fingerprint density at radius 3 is 2.38 bits per heavy atom. The molecule has 3 nitrogen and oxygen atoms in total. The second-order valence-corrected chi connectivity index (χ2v) is 6.22. The highest BCUT2D eigenvalue weighted by molar-refractivity contribution is 8.26. The average Bonchev–Trinajstić information content (AvgIpc) is 2.82. The van der Waals surface area contributed by atoms with Gasteiger partial charge in [-0.3, -0.25) is 9.69 Å². The summed E-state index contributed by atoms with van der Waals surface area (Å²) in [4.78, 5) is 16.6. The van der Waals surface area contributed by atoms with Crippen molar-refractivity contribution in [1.82, 2.24) is 4.90 Å². The summed E-state index contributed by atoms with van der Waals surface area (Å²) in [7, 11) is 0. The van der Waals surface area contributed by atoms with Crippen LogP contribution in [0, 0.1) is 0 Å². The molecule has 0 spiro atoms. The molecule has 0 bridgehead atoms. The summed E-state index contributed by atoms with van der Waals surface area (Å²) in [6.07, 6.45) is 7.83. The molecule has 0 aromatic heterocycles. The number of allylic oxidation sites excluding steroid dienone is 3. The molecule has 106 valence electrons. The zero-order valence-electron chi connectivity index (χ0n) is 11.5. The second kappa shape index (κ2) is 5.87. The van der Waals surface area contributed by atoms with Gasteiger partial charge < -0.3 is 4.90 Å². The van der Waals surface area contributed by atoms with Crippen molar-refractivity contribution in [2.24, 2.45) is 0 Å². The summed E-state index contributed by atoms with van der Waals surface area (Å²) < 4.78 is 0.636. The number of likely N-dealkylation sites (N-methyl/N-ethyl adjacent to an activating group) is 1. The first-order valence-electron chi connectivity index (χ1n) is 6.68. The maximum atomic E-state index is 12.3. The Hall–Kier alpha value is -1.85. The maximum absolute atomic E-state index is 12.3. The number of carbonyl (C=O) groups is 1. The van der Waals surface area contributed by atoms with Crippen molar-refractivity contribution in [2.75, 3.05) is 11.4 Å². The van der Waals surface area contributed by atoms with E-state index >= 15 is 0 Å². The number of para-hydroxylation sites is 1. The van der Waals surface area contributed by atoms with Gasteiger partial charge in [0.05, 0.1) is 4.91 Å². The molecule has 1 saturated heterocycles. The van der Waals surface area contributed by atoms with Crippen LogP contribution in [0.3, 0.4) is 0 Å². The zero-order chi connectivity index (χ0) is 14.8. The number of thioether (sulfide) groups is 1. The second-order valence-electron chi connectivity index (χ2n) is 4.58. The Morgan fingerprint density at radius 1 is 1.14 bits per heavy atom. The van der Waals surface area contributed by atoms with Gasteiger partial charge in [-0.2, -0.15) is 0 Å². The van der Waals surface area contributed by atoms with Gasteiger partial charge in [-0.15, -0.1) is 0 Å². The molecule has 0 unspecified atom stereocenters. The zero-order valence-corrected chi connectivity index (χ0v) is 13.2. The molecule has 1 aromatic rings. The number of thiocarbonyl (C=S) groups is 1. The Balaban J connectivity index is 1.85. The highest BCUT2D eigenvalue weighted by Gasteiger charge is 2.32. The predicted octanol–water partition coefficient (Wildman–Crippen LogP) is 3.67. The number of nitrogens with zero attached hydrogens (tertiary/aromatic N) is 2. The van der Waals surface area contributed by atoms with Crippen LogP contribution in [-0.4, -0.2) is 21.7 Å². The van der Waals surface area contributed by atoms with Gasteiger partial charge in [0.15, 0.2) is 0 Å². The monoisotopic (exact) mass is 314 g/mol. The van der Waals surface area contributed by atoms with Gasteiger partial charge in [-0.1, -0.05) is 42.2 Å². The van der Waals surface area contributed by atoms with Gasteiger partial charge in [0.25, 0.3) is 5.91 Å². The van der Waals surface area contributed by atoms with E-state index in [1.807, 2.05) is 66.7 Å². The number of hydrogen-bond donors (Lipinski definition) is 0. The van der Waals surface area contributed by atoms with Crippen molar-refractivity contribution in [3.05, 3.63) is 65.4 Å². The van der Waals surface area contributed by atoms with E-state index in [1.54, 1.807) is 4.90 Å². The van der Waals surface area contributed by atoms with Crippen LogP contribution in [0.4, 0.5) is 5.69 Å². The van der Waals surface area contributed by atoms with Crippen molar-refractivity contribution < 1.29 is 4.79 Å². The molecule has 1 fully saturated rings. The lowest BCUT2D eigenvalue weighted by Crippen LogP contribution is -2.27. The number of benzene rings is 1. The largest absolute Gasteiger partial charge is 0.324 e. The number of rotatable bonds is 2. The lowest BCUT2D eigenvalue weighted by atomic mass is 10.1. The molecule has 1 amide bonds. The van der Waals surface area contributed by atoms with Crippen LogP contribution >= 0.6 is 24.0 Å². The smallest absolute Gasteiger partial charge is 0.266 e. The van der Waals surface area contributed by atoms with Crippen LogP contribution < -0.4 is 4.90 Å². The number of anilines is 1. The third-order valence-electron chi connectivity index (χ3n) is 3.31. The topological polar surface area (TPSA) is 23.6 Å². The first kappa shape index (κ1) is 14.1. The van der Waals surface area contributed by atoms with Gasteiger partial charge in [0, 0.05) is 24.6 Å². The van der Waals surface area contributed by atoms with Crippen molar-refractivity contribution in [1.29, 1.82) is 0 Å². The third kappa shape index (κ3) is 2.66. The minimum atomic E-state index is 0.00459. The molecule has 2 heterocycles. The van der Waals surface area contributed by atoms with Gasteiger partial charge in [0.2, 0.25) is 0 Å². The average molecular weight is 314 g/mol. The molecular formula is C16H14N2OS2. The summed E-state index contributed by atoms with van der Waals surface area (Å²) in [5.74, 6) is 0.00459. The van der Waals surface area contributed by atoms with Crippen molar-refractivity contribution in [3.63, 3.8) is 0 Å². The molecular weight excluding hydrogens is 300 g/mol. The van der Waals surface area contributed by atoms with E-state index in [4.69, 9.17) is 12.2 Å². The highest BCUT2D eigenvalue weighted by atomic mass is 32.2. The molecule has 5 heteroatoms. The molecule has 1 aromatic carbocycles. The van der Waals surface area contributed by atoms with E-state index in [2.05, 4.69) is 0 Å². The van der Waals surface area contributed by atoms with Crippen molar-refractivity contribution in [3.8, 4) is 0 Å². The number of amides is 1. The Morgan fingerprint density at radius 2 is 1.81 bits per heavy atom. The quantitative estimate of drug-likeness (QED) is 0.614. The first-order valence-corrected chi connectivity index (χ1v) is 7.91. The van der Waals surface area contributed by atoms with Crippen LogP contribution in [0.1, 0.15) is 6.92 Å². The Labute approximate surface area is 133 Å². The van der Waals surface area contributed by atoms with Crippen LogP contribution in [0.5, 0.6) is 0 Å². The van der Waals surface area contributed by atoms with Crippen LogP contribution in [0.25, 0.3) is 0 Å². The summed E-state index contributed by atoms with van der Waals surface area (Å²) in [6, 6.07) is 10.1. The molecule has 0 atom stereocenters. The minimum Gasteiger partial charge on any atom is -0.324 e. The molecule has 0 saturated carbocycles. The molecule has 2 aliphatic rings. The van der Waals surface area contributed by atoms with E-state index in [0.29, 0.717) is 15.8 Å². The fourth-order valence-corrected chi connectivity index (χ4v) is 3.61. The lowest BCUT2D eigenvalue weighted by molar-refractivity contribution is -0.122. The molecule has 2 aliphatic heterocycles. The van der Waals surface area contributed by atoms with Crippen LogP contribution in [0.2, 0.25) is 0 Å². The molecule has 21 heavy (non-hydrogen) atoms. The van der Waals surface area contributed by atoms with E-state index in [9.17, 15) is 4.79 Å². The minimum absolute atomic E-state index is 0.00459. The fraction of sp³-hybridized carbons (Fsp3) is 0.125. The van der Waals surface area contributed by atoms with Gasteiger partial charge in [-0.25, -0.2) is 0 Å². The summed E-state index contributed by atoms with van der Waals surface area (Å²) in [6.45, 7) is 2.55. The Bertz CT molecular complexity index is 661. The van der Waals surface area contributed by atoms with E-state index in [-0.39, 0.29) is 5.91 Å². The third-order valence-corrected chi connectivity index (χ3v) is 4.79. The fourth-order valence-electron chi connectivity index (χ4n) is 2.20. The van der Waals surface area contributed by atoms with Gasteiger partial charge in [0.1, 0.15) is 4.32 Å². The van der Waals surface area contributed by atoms with Gasteiger partial charge >= 0.3 is 0 Å². The lowest BCUT2D eigenvalue weighted by Gasteiger charge is -2.19. The summed E-state index contributed by atoms with van der Waals surface area (Å²) in [5.41, 5.74) is 2.00. The first-order chi connectivity index (χ1) is 10.2. The highest BCUT2D eigenvalue weighted by Crippen LogP contribution is 2.35. The number of hydrogen-bond acceptors (Lipinski definition) is 4. The molecule has 0 radical (unpaired) electrons. The van der Waals surface area contributed by atoms with Crippen LogP contribution in [0.15, 0.2) is 65.4 Å². The van der Waals surface area contributed by atoms with Crippen molar-refractivity contribution in [2.45, 2.75) is 6.92 Å². The van der Waals surface area contributed by atoms with E-state index < -0.39 is 0 Å². The molecule has 3 rings (SSSR count). The van der Waals surface area contributed by atoms with E-state index in [1.165, 1.54) is 11.8 Å². The van der Waals surface area contributed by atoms with E-state index in [0.717, 1.165) is 11.3 Å². The van der Waals surface area contributed by atoms with Crippen LogP contribution in [-0.2, 0) is 4.79 Å². The standard InChI is InChI=1S/C16H14N2OS2/c1-2-18-15(19)14(21-16(18)20)12-8-10-17(11-9-12)13-6-4-3-5-7-13/h3-11H,2H2,1H3. The molecule has 0 aliphatic carbocycles. The van der Waals surface area contributed by atoms with Gasteiger partial charge in [-0.05, 0) is 36.8 Å². The van der Waals surface area contributed by atoms with Crippen molar-refractivity contribution >= 4 is 39.9 Å². The normalized spacial score (nSPS) is 18.1. The predicted molar refractivity (Wildman–Crippen MR) is 91.8 cm³/mol.